The highest BCUT2D eigenvalue weighted by molar-refractivity contribution is 7.89. The molecule has 0 aliphatic heterocycles. The van der Waals surface area contributed by atoms with Gasteiger partial charge in [-0.2, -0.15) is 0 Å². The Labute approximate surface area is 144 Å². The molecule has 0 aliphatic rings. The van der Waals surface area contributed by atoms with Gasteiger partial charge in [-0.3, -0.25) is 4.98 Å². The zero-order chi connectivity index (χ0) is 17.9. The summed E-state index contributed by atoms with van der Waals surface area (Å²) in [6.07, 6.45) is 3.22. The summed E-state index contributed by atoms with van der Waals surface area (Å²) in [7, 11) is -2.19. The Hall–Kier alpha value is -2.78. The Morgan fingerprint density at radius 3 is 2.76 bits per heavy atom. The van der Waals surface area contributed by atoms with Crippen molar-refractivity contribution in [2.75, 3.05) is 7.11 Å². The smallest absolute Gasteiger partial charge is 0.249 e. The van der Waals surface area contributed by atoms with Crippen LogP contribution in [-0.4, -0.2) is 30.7 Å². The zero-order valence-corrected chi connectivity index (χ0v) is 14.4. The van der Waals surface area contributed by atoms with Crippen LogP contribution >= 0.6 is 0 Å². The van der Waals surface area contributed by atoms with Crippen molar-refractivity contribution < 1.29 is 17.6 Å². The molecule has 1 aromatic carbocycles. The topological polar surface area (TPSA) is 107 Å². The van der Waals surface area contributed by atoms with E-state index in [2.05, 4.69) is 19.9 Å². The highest BCUT2D eigenvalue weighted by Gasteiger charge is 2.18. The van der Waals surface area contributed by atoms with Crippen molar-refractivity contribution in [3.05, 3.63) is 54.2 Å². The Morgan fingerprint density at radius 2 is 2.08 bits per heavy atom. The van der Waals surface area contributed by atoms with Crippen LogP contribution in [0.5, 0.6) is 5.75 Å². The lowest BCUT2D eigenvalue weighted by atomic mass is 10.2. The Bertz CT molecular complexity index is 971. The Morgan fingerprint density at radius 1 is 1.24 bits per heavy atom. The zero-order valence-electron chi connectivity index (χ0n) is 13.6. The number of nitrogens with zero attached hydrogens (tertiary/aromatic N) is 3. The van der Waals surface area contributed by atoms with Crippen molar-refractivity contribution >= 4 is 10.0 Å². The third kappa shape index (κ3) is 3.83. The third-order valence-electron chi connectivity index (χ3n) is 3.46. The molecule has 0 spiro atoms. The van der Waals surface area contributed by atoms with Gasteiger partial charge in [0.1, 0.15) is 5.75 Å². The number of aryl methyl sites for hydroxylation is 1. The lowest BCUT2D eigenvalue weighted by Gasteiger charge is -2.09. The number of methoxy groups -OCH3 is 1. The number of pyridine rings is 1. The molecule has 1 N–H and O–H groups in total. The van der Waals surface area contributed by atoms with E-state index in [0.29, 0.717) is 16.9 Å². The van der Waals surface area contributed by atoms with E-state index in [0.717, 1.165) is 0 Å². The first-order valence-corrected chi connectivity index (χ1v) is 8.85. The van der Waals surface area contributed by atoms with Crippen LogP contribution in [0.15, 0.2) is 52.0 Å². The van der Waals surface area contributed by atoms with Crippen molar-refractivity contribution in [2.24, 2.45) is 0 Å². The highest BCUT2D eigenvalue weighted by atomic mass is 32.2. The second kappa shape index (κ2) is 6.99. The summed E-state index contributed by atoms with van der Waals surface area (Å²) in [5, 5.41) is 7.74. The van der Waals surface area contributed by atoms with E-state index in [4.69, 9.17) is 9.15 Å². The predicted molar refractivity (Wildman–Crippen MR) is 89.3 cm³/mol. The number of sulfonamides is 1. The summed E-state index contributed by atoms with van der Waals surface area (Å²) in [5.74, 6) is 1.03. The van der Waals surface area contributed by atoms with Crippen molar-refractivity contribution in [2.45, 2.75) is 18.4 Å². The van der Waals surface area contributed by atoms with Crippen molar-refractivity contribution in [3.63, 3.8) is 0 Å². The normalized spacial score (nSPS) is 11.4. The minimum Gasteiger partial charge on any atom is -0.497 e. The number of ether oxygens (including phenoxy) is 1. The standard InChI is InChI=1S/C16H16N4O4S/c1-11-8-13(23-2)5-6-14(11)25(21,22)18-10-15-19-20-16(24-15)12-4-3-7-17-9-12/h3-9,18H,10H2,1-2H3. The van der Waals surface area contributed by atoms with Crippen LogP contribution in [0.1, 0.15) is 11.5 Å². The van der Waals surface area contributed by atoms with E-state index >= 15 is 0 Å². The molecule has 0 fully saturated rings. The maximum absolute atomic E-state index is 12.5. The fourth-order valence-electron chi connectivity index (χ4n) is 2.22. The van der Waals surface area contributed by atoms with Crippen molar-refractivity contribution in [3.8, 4) is 17.2 Å². The van der Waals surface area contributed by atoms with E-state index in [-0.39, 0.29) is 23.2 Å². The van der Waals surface area contributed by atoms with Crippen LogP contribution in [0.25, 0.3) is 11.5 Å². The molecule has 3 aromatic rings. The molecule has 2 aromatic heterocycles. The molecule has 0 aliphatic carbocycles. The molecule has 3 rings (SSSR count). The molecular weight excluding hydrogens is 344 g/mol. The first-order valence-electron chi connectivity index (χ1n) is 7.36. The Balaban J connectivity index is 1.74. The van der Waals surface area contributed by atoms with E-state index in [1.807, 2.05) is 0 Å². The van der Waals surface area contributed by atoms with E-state index in [1.165, 1.54) is 13.2 Å². The van der Waals surface area contributed by atoms with Crippen LogP contribution in [0.4, 0.5) is 0 Å². The quantitative estimate of drug-likeness (QED) is 0.715. The van der Waals surface area contributed by atoms with Crippen LogP contribution < -0.4 is 9.46 Å². The lowest BCUT2D eigenvalue weighted by molar-refractivity contribution is 0.414. The Kier molecular flexibility index (Phi) is 4.77. The van der Waals surface area contributed by atoms with Gasteiger partial charge in [0.15, 0.2) is 0 Å². The van der Waals surface area contributed by atoms with Gasteiger partial charge in [-0.15, -0.1) is 10.2 Å². The van der Waals surface area contributed by atoms with Crippen molar-refractivity contribution in [1.82, 2.24) is 19.9 Å². The summed E-state index contributed by atoms with van der Waals surface area (Å²) in [4.78, 5) is 4.14. The van der Waals surface area contributed by atoms with Gasteiger partial charge in [0.25, 0.3) is 0 Å². The molecule has 0 bridgehead atoms. The summed E-state index contributed by atoms with van der Waals surface area (Å²) < 4.78 is 37.9. The predicted octanol–water partition coefficient (Wildman–Crippen LogP) is 1.93. The molecule has 130 valence electrons. The van der Waals surface area contributed by atoms with E-state index in [9.17, 15) is 8.42 Å². The third-order valence-corrected chi connectivity index (χ3v) is 5.02. The molecule has 2 heterocycles. The maximum atomic E-state index is 12.5. The minimum absolute atomic E-state index is 0.110. The molecule has 0 unspecified atom stereocenters. The summed E-state index contributed by atoms with van der Waals surface area (Å²) >= 11 is 0. The summed E-state index contributed by atoms with van der Waals surface area (Å²) in [6, 6.07) is 8.26. The molecule has 25 heavy (non-hydrogen) atoms. The number of hydrogen-bond donors (Lipinski definition) is 1. The largest absolute Gasteiger partial charge is 0.497 e. The van der Waals surface area contributed by atoms with Gasteiger partial charge in [0.05, 0.1) is 24.1 Å². The second-order valence-corrected chi connectivity index (χ2v) is 6.93. The number of hydrogen-bond acceptors (Lipinski definition) is 7. The van der Waals surface area contributed by atoms with Crippen LogP contribution in [0.2, 0.25) is 0 Å². The van der Waals surface area contributed by atoms with Gasteiger partial charge >= 0.3 is 0 Å². The van der Waals surface area contributed by atoms with Crippen LogP contribution in [0, 0.1) is 6.92 Å². The number of nitrogens with one attached hydrogen (secondary N) is 1. The minimum atomic E-state index is -3.72. The van der Waals surface area contributed by atoms with Gasteiger partial charge in [-0.1, -0.05) is 0 Å². The highest BCUT2D eigenvalue weighted by Crippen LogP contribution is 2.21. The molecule has 8 nitrogen and oxygen atoms in total. The van der Waals surface area contributed by atoms with Crippen molar-refractivity contribution in [1.29, 1.82) is 0 Å². The fourth-order valence-corrected chi connectivity index (χ4v) is 3.41. The van der Waals surface area contributed by atoms with Gasteiger partial charge < -0.3 is 9.15 Å². The molecular formula is C16H16N4O4S. The molecule has 0 radical (unpaired) electrons. The lowest BCUT2D eigenvalue weighted by Crippen LogP contribution is -2.24. The molecule has 9 heteroatoms. The molecule has 0 atom stereocenters. The fraction of sp³-hybridized carbons (Fsp3) is 0.188. The van der Waals surface area contributed by atoms with Crippen LogP contribution in [-0.2, 0) is 16.6 Å². The monoisotopic (exact) mass is 360 g/mol. The van der Waals surface area contributed by atoms with Gasteiger partial charge in [-0.25, -0.2) is 13.1 Å². The second-order valence-electron chi connectivity index (χ2n) is 5.20. The first-order chi connectivity index (χ1) is 12.0. The van der Waals surface area contributed by atoms with Gasteiger partial charge in [0, 0.05) is 12.4 Å². The molecule has 0 saturated carbocycles. The average Bonchev–Trinajstić information content (AvgIpc) is 3.09. The average molecular weight is 360 g/mol. The number of aromatic nitrogens is 3. The number of rotatable bonds is 6. The van der Waals surface area contributed by atoms with Crippen LogP contribution in [0.3, 0.4) is 0 Å². The molecule has 0 amide bonds. The summed E-state index contributed by atoms with van der Waals surface area (Å²) in [6.45, 7) is 1.59. The maximum Gasteiger partial charge on any atom is 0.249 e. The molecule has 0 saturated heterocycles. The van der Waals surface area contributed by atoms with Gasteiger partial charge in [0.2, 0.25) is 21.8 Å². The summed E-state index contributed by atoms with van der Waals surface area (Å²) in [5.41, 5.74) is 1.24. The first kappa shape index (κ1) is 17.1. The van der Waals surface area contributed by atoms with E-state index in [1.54, 1.807) is 43.6 Å². The van der Waals surface area contributed by atoms with Gasteiger partial charge in [-0.05, 0) is 42.8 Å². The van der Waals surface area contributed by atoms with E-state index < -0.39 is 10.0 Å². The number of benzene rings is 1. The SMILES string of the molecule is COc1ccc(S(=O)(=O)NCc2nnc(-c3cccnc3)o2)c(C)c1.